The predicted molar refractivity (Wildman–Crippen MR) is 91.4 cm³/mol. The summed E-state index contributed by atoms with van der Waals surface area (Å²) in [6.07, 6.45) is 0.873. The molecule has 0 bridgehead atoms. The van der Waals surface area contributed by atoms with Gasteiger partial charge in [0.1, 0.15) is 5.82 Å². The molecule has 0 amide bonds. The van der Waals surface area contributed by atoms with Crippen molar-refractivity contribution in [2.45, 2.75) is 12.5 Å². The first kappa shape index (κ1) is 13.7. The second-order valence-corrected chi connectivity index (χ2v) is 7.01. The number of hydrogen-bond acceptors (Lipinski definition) is 4. The predicted octanol–water partition coefficient (Wildman–Crippen LogP) is 5.30. The Morgan fingerprint density at radius 2 is 1.77 bits per heavy atom. The first-order chi connectivity index (χ1) is 10.8. The van der Waals surface area contributed by atoms with E-state index < -0.39 is 0 Å². The van der Waals surface area contributed by atoms with Gasteiger partial charge in [-0.1, -0.05) is 12.1 Å². The van der Waals surface area contributed by atoms with Crippen LogP contribution in [0.25, 0.3) is 0 Å². The Balaban J connectivity index is 1.74. The van der Waals surface area contributed by atoms with Gasteiger partial charge in [-0.2, -0.15) is 5.10 Å². The highest BCUT2D eigenvalue weighted by atomic mass is 32.1. The molecular weight excluding hydrogens is 315 g/mol. The highest BCUT2D eigenvalue weighted by Crippen LogP contribution is 2.38. The minimum atomic E-state index is -0.224. The Bertz CT molecular complexity index is 777. The maximum atomic E-state index is 13.2. The molecule has 0 N–H and O–H groups in total. The Labute approximate surface area is 136 Å². The molecular formula is C17H13FN2S2. The molecule has 110 valence electrons. The van der Waals surface area contributed by atoms with E-state index in [-0.39, 0.29) is 11.9 Å². The van der Waals surface area contributed by atoms with Crippen molar-refractivity contribution in [3.8, 4) is 0 Å². The monoisotopic (exact) mass is 328 g/mol. The van der Waals surface area contributed by atoms with E-state index in [1.54, 1.807) is 34.8 Å². The van der Waals surface area contributed by atoms with Crippen LogP contribution in [-0.2, 0) is 0 Å². The lowest BCUT2D eigenvalue weighted by Crippen LogP contribution is -2.17. The van der Waals surface area contributed by atoms with Crippen LogP contribution >= 0.6 is 22.7 Å². The summed E-state index contributed by atoms with van der Waals surface area (Å²) < 4.78 is 13.2. The van der Waals surface area contributed by atoms with Gasteiger partial charge in [-0.05, 0) is 47.2 Å². The quantitative estimate of drug-likeness (QED) is 0.636. The molecule has 0 aliphatic carbocycles. The zero-order valence-corrected chi connectivity index (χ0v) is 13.3. The van der Waals surface area contributed by atoms with Crippen LogP contribution in [0.5, 0.6) is 0 Å². The van der Waals surface area contributed by atoms with Gasteiger partial charge in [0.05, 0.1) is 22.3 Å². The molecule has 4 rings (SSSR count). The standard InChI is InChI=1S/C17H13FN2S2/c18-12-5-7-13(8-6-12)20-15(17-4-2-10-22-17)11-14(19-20)16-3-1-9-21-16/h1-10,15H,11H2. The first-order valence-electron chi connectivity index (χ1n) is 7.01. The van der Waals surface area contributed by atoms with Gasteiger partial charge in [0.25, 0.3) is 0 Å². The van der Waals surface area contributed by atoms with Crippen LogP contribution in [-0.4, -0.2) is 5.71 Å². The highest BCUT2D eigenvalue weighted by Gasteiger charge is 2.30. The molecule has 2 aromatic heterocycles. The number of benzene rings is 1. The minimum Gasteiger partial charge on any atom is -0.257 e. The molecule has 1 unspecified atom stereocenters. The van der Waals surface area contributed by atoms with E-state index >= 15 is 0 Å². The van der Waals surface area contributed by atoms with Gasteiger partial charge in [-0.3, -0.25) is 5.01 Å². The molecule has 1 atom stereocenters. The molecule has 5 heteroatoms. The van der Waals surface area contributed by atoms with Crippen LogP contribution in [0.4, 0.5) is 10.1 Å². The number of anilines is 1. The third-order valence-corrected chi connectivity index (χ3v) is 5.57. The Morgan fingerprint density at radius 3 is 2.45 bits per heavy atom. The zero-order valence-electron chi connectivity index (χ0n) is 11.6. The lowest BCUT2D eigenvalue weighted by molar-refractivity contribution is 0.626. The lowest BCUT2D eigenvalue weighted by Gasteiger charge is -2.22. The molecule has 2 nitrogen and oxygen atoms in total. The van der Waals surface area contributed by atoms with Crippen molar-refractivity contribution in [3.63, 3.8) is 0 Å². The van der Waals surface area contributed by atoms with Gasteiger partial charge in [-0.25, -0.2) is 4.39 Å². The van der Waals surface area contributed by atoms with Crippen molar-refractivity contribution in [1.29, 1.82) is 0 Å². The maximum absolute atomic E-state index is 13.2. The summed E-state index contributed by atoms with van der Waals surface area (Å²) in [4.78, 5) is 2.48. The van der Waals surface area contributed by atoms with E-state index in [9.17, 15) is 4.39 Å². The van der Waals surface area contributed by atoms with Crippen molar-refractivity contribution in [2.24, 2.45) is 5.10 Å². The van der Waals surface area contributed by atoms with Gasteiger partial charge in [-0.15, -0.1) is 22.7 Å². The summed E-state index contributed by atoms with van der Waals surface area (Å²) >= 11 is 3.44. The summed E-state index contributed by atoms with van der Waals surface area (Å²) in [5, 5.41) is 11.0. The number of rotatable bonds is 3. The second kappa shape index (κ2) is 5.66. The molecule has 1 aromatic carbocycles. The fourth-order valence-corrected chi connectivity index (χ4v) is 4.17. The Morgan fingerprint density at radius 1 is 1.00 bits per heavy atom. The van der Waals surface area contributed by atoms with Crippen LogP contribution in [0.15, 0.2) is 64.4 Å². The van der Waals surface area contributed by atoms with Crippen LogP contribution in [0.3, 0.4) is 0 Å². The lowest BCUT2D eigenvalue weighted by atomic mass is 10.1. The number of hydrogen-bond donors (Lipinski definition) is 0. The van der Waals surface area contributed by atoms with Gasteiger partial charge in [0, 0.05) is 11.3 Å². The molecule has 1 aliphatic heterocycles. The second-order valence-electron chi connectivity index (χ2n) is 5.08. The van der Waals surface area contributed by atoms with Gasteiger partial charge in [0.2, 0.25) is 0 Å². The van der Waals surface area contributed by atoms with E-state index in [4.69, 9.17) is 5.10 Å². The number of hydrazone groups is 1. The molecule has 0 radical (unpaired) electrons. The van der Waals surface area contributed by atoms with Gasteiger partial charge >= 0.3 is 0 Å². The summed E-state index contributed by atoms with van der Waals surface area (Å²) in [5.41, 5.74) is 2.02. The molecule has 3 heterocycles. The molecule has 22 heavy (non-hydrogen) atoms. The van der Waals surface area contributed by atoms with Crippen molar-refractivity contribution in [3.05, 3.63) is 74.9 Å². The minimum absolute atomic E-state index is 0.183. The summed E-state index contributed by atoms with van der Waals surface area (Å²) in [7, 11) is 0. The zero-order chi connectivity index (χ0) is 14.9. The molecule has 0 saturated heterocycles. The normalized spacial score (nSPS) is 17.8. The van der Waals surface area contributed by atoms with Crippen molar-refractivity contribution < 1.29 is 4.39 Å². The maximum Gasteiger partial charge on any atom is 0.123 e. The summed E-state index contributed by atoms with van der Waals surface area (Å²) in [6.45, 7) is 0. The number of halogens is 1. The van der Waals surface area contributed by atoms with Crippen LogP contribution in [0.1, 0.15) is 22.2 Å². The van der Waals surface area contributed by atoms with Gasteiger partial charge in [0.15, 0.2) is 0 Å². The molecule has 0 spiro atoms. The van der Waals surface area contributed by atoms with E-state index in [0.29, 0.717) is 0 Å². The molecule has 0 saturated carbocycles. The van der Waals surface area contributed by atoms with E-state index in [1.165, 1.54) is 21.9 Å². The fraction of sp³-hybridized carbons (Fsp3) is 0.118. The molecule has 3 aromatic rings. The van der Waals surface area contributed by atoms with Crippen molar-refractivity contribution in [2.75, 3.05) is 5.01 Å². The van der Waals surface area contributed by atoms with E-state index in [0.717, 1.165) is 17.8 Å². The van der Waals surface area contributed by atoms with Crippen LogP contribution in [0, 0.1) is 5.82 Å². The van der Waals surface area contributed by atoms with Crippen LogP contribution in [0.2, 0.25) is 0 Å². The van der Waals surface area contributed by atoms with Gasteiger partial charge < -0.3 is 0 Å². The third kappa shape index (κ3) is 2.46. The molecule has 1 aliphatic rings. The average Bonchev–Trinajstić information content (AvgIpc) is 3.27. The number of nitrogens with zero attached hydrogens (tertiary/aromatic N) is 2. The Kier molecular flexibility index (Phi) is 3.52. The number of thiophene rings is 2. The van der Waals surface area contributed by atoms with Crippen molar-refractivity contribution >= 4 is 34.1 Å². The fourth-order valence-electron chi connectivity index (χ4n) is 2.64. The van der Waals surface area contributed by atoms with Crippen molar-refractivity contribution in [1.82, 2.24) is 0 Å². The largest absolute Gasteiger partial charge is 0.257 e. The molecule has 0 fully saturated rings. The highest BCUT2D eigenvalue weighted by molar-refractivity contribution is 7.12. The first-order valence-corrected chi connectivity index (χ1v) is 8.77. The SMILES string of the molecule is Fc1ccc(N2N=C(c3cccs3)CC2c2cccs2)cc1. The summed E-state index contributed by atoms with van der Waals surface area (Å²) in [6, 6.07) is 15.1. The van der Waals surface area contributed by atoms with E-state index in [1.807, 2.05) is 11.1 Å². The topological polar surface area (TPSA) is 15.6 Å². The van der Waals surface area contributed by atoms with E-state index in [2.05, 4.69) is 29.0 Å². The Hall–Kier alpha value is -1.98. The average molecular weight is 328 g/mol. The smallest absolute Gasteiger partial charge is 0.123 e. The summed E-state index contributed by atoms with van der Waals surface area (Å²) in [5.74, 6) is -0.224. The third-order valence-electron chi connectivity index (χ3n) is 3.68. The van der Waals surface area contributed by atoms with Crippen LogP contribution < -0.4 is 5.01 Å².